The van der Waals surface area contributed by atoms with E-state index < -0.39 is 0 Å². The van der Waals surface area contributed by atoms with E-state index in [9.17, 15) is 0 Å². The van der Waals surface area contributed by atoms with Crippen molar-refractivity contribution < 1.29 is 0 Å². The summed E-state index contributed by atoms with van der Waals surface area (Å²) in [5.74, 6) is 9.24. The van der Waals surface area contributed by atoms with Crippen molar-refractivity contribution >= 4 is 12.6 Å². The molecule has 0 amide bonds. The van der Waals surface area contributed by atoms with Crippen molar-refractivity contribution in [3.8, 4) is 0 Å². The first-order valence-electron chi connectivity index (χ1n) is 15.2. The van der Waals surface area contributed by atoms with Gasteiger partial charge < -0.3 is 0 Å². The van der Waals surface area contributed by atoms with Crippen molar-refractivity contribution in [2.24, 2.45) is 65.1 Å². The second kappa shape index (κ2) is 17.5. The van der Waals surface area contributed by atoms with Gasteiger partial charge in [-0.05, 0) is 71.5 Å². The van der Waals surface area contributed by atoms with Crippen LogP contribution in [0.25, 0.3) is 0 Å². The van der Waals surface area contributed by atoms with Crippen LogP contribution in [0.1, 0.15) is 129 Å². The lowest BCUT2D eigenvalue weighted by atomic mass is 9.62. The van der Waals surface area contributed by atoms with Crippen LogP contribution in [0.5, 0.6) is 0 Å². The quantitative estimate of drug-likeness (QED) is 0.142. The summed E-state index contributed by atoms with van der Waals surface area (Å²) in [6, 6.07) is 0. The maximum Gasteiger partial charge on any atom is 0.00853 e. The molecule has 1 heteroatoms. The Kier molecular flexibility index (Phi) is 17.6. The molecule has 0 aliphatic heterocycles. The molecule has 0 fully saturated rings. The van der Waals surface area contributed by atoms with E-state index in [0.29, 0.717) is 17.8 Å². The van der Waals surface area contributed by atoms with Crippen LogP contribution in [0.3, 0.4) is 0 Å². The van der Waals surface area contributed by atoms with Gasteiger partial charge in [0.2, 0.25) is 0 Å². The van der Waals surface area contributed by atoms with E-state index in [-0.39, 0.29) is 0 Å². The number of thiol groups is 1. The van der Waals surface area contributed by atoms with Gasteiger partial charge in [-0.2, -0.15) is 12.6 Å². The van der Waals surface area contributed by atoms with Gasteiger partial charge in [0.1, 0.15) is 0 Å². The molecule has 0 aliphatic carbocycles. The molecular formula is C33H66S. The Balaban J connectivity index is 5.74. The third-order valence-electron chi connectivity index (χ3n) is 10.4. The molecule has 0 rings (SSSR count). The van der Waals surface area contributed by atoms with E-state index in [4.69, 9.17) is 0 Å². The van der Waals surface area contributed by atoms with Crippen molar-refractivity contribution in [2.75, 3.05) is 5.75 Å². The zero-order chi connectivity index (χ0) is 26.6. The molecule has 0 spiro atoms. The van der Waals surface area contributed by atoms with Crippen LogP contribution in [0, 0.1) is 65.1 Å². The van der Waals surface area contributed by atoms with Crippen molar-refractivity contribution in [1.82, 2.24) is 0 Å². The molecule has 10 unspecified atom stereocenters. The molecular weight excluding hydrogens is 428 g/mol. The Hall–Kier alpha value is 0.0900. The van der Waals surface area contributed by atoms with Gasteiger partial charge >= 0.3 is 0 Å². The SMILES string of the molecule is CCCC(C)C(C)CC(C)C(C)C(C)C(CC)C(CC)C(CC)C(C)/C(=C/CS)C(C)C(C)C. The van der Waals surface area contributed by atoms with E-state index >= 15 is 0 Å². The lowest BCUT2D eigenvalue weighted by Crippen LogP contribution is -2.36. The molecule has 0 heterocycles. The van der Waals surface area contributed by atoms with Gasteiger partial charge in [-0.3, -0.25) is 0 Å². The molecule has 0 N–H and O–H groups in total. The third-order valence-corrected chi connectivity index (χ3v) is 10.6. The average molecular weight is 495 g/mol. The minimum atomic E-state index is 0.636. The Morgan fingerprint density at radius 1 is 0.618 bits per heavy atom. The fourth-order valence-corrected chi connectivity index (χ4v) is 7.43. The predicted octanol–water partition coefficient (Wildman–Crippen LogP) is 11.2. The summed E-state index contributed by atoms with van der Waals surface area (Å²) < 4.78 is 0. The van der Waals surface area contributed by atoms with E-state index in [1.165, 1.54) is 38.5 Å². The largest absolute Gasteiger partial charge is 0.175 e. The molecule has 0 radical (unpaired) electrons. The number of hydrogen-bond acceptors (Lipinski definition) is 1. The summed E-state index contributed by atoms with van der Waals surface area (Å²) >= 11 is 4.61. The van der Waals surface area contributed by atoms with Gasteiger partial charge in [0.25, 0.3) is 0 Å². The van der Waals surface area contributed by atoms with Crippen molar-refractivity contribution in [1.29, 1.82) is 0 Å². The molecule has 10 atom stereocenters. The van der Waals surface area contributed by atoms with Crippen LogP contribution in [0.15, 0.2) is 11.6 Å². The fourth-order valence-electron chi connectivity index (χ4n) is 7.22. The van der Waals surface area contributed by atoms with Crippen molar-refractivity contribution in [3.63, 3.8) is 0 Å². The fraction of sp³-hybridized carbons (Fsp3) is 0.939. The molecule has 0 nitrogen and oxygen atoms in total. The summed E-state index contributed by atoms with van der Waals surface area (Å²) in [5, 5.41) is 0. The molecule has 0 aliphatic rings. The zero-order valence-corrected chi connectivity index (χ0v) is 26.7. The maximum atomic E-state index is 4.61. The Morgan fingerprint density at radius 3 is 1.56 bits per heavy atom. The van der Waals surface area contributed by atoms with Crippen LogP contribution >= 0.6 is 12.6 Å². The Morgan fingerprint density at radius 2 is 1.15 bits per heavy atom. The van der Waals surface area contributed by atoms with Gasteiger partial charge in [-0.25, -0.2) is 0 Å². The minimum Gasteiger partial charge on any atom is -0.175 e. The maximum absolute atomic E-state index is 4.61. The lowest BCUT2D eigenvalue weighted by Gasteiger charge is -2.43. The number of hydrogen-bond donors (Lipinski definition) is 1. The van der Waals surface area contributed by atoms with Crippen LogP contribution < -0.4 is 0 Å². The van der Waals surface area contributed by atoms with Gasteiger partial charge in [0.15, 0.2) is 0 Å². The second-order valence-corrected chi connectivity index (χ2v) is 13.0. The summed E-state index contributed by atoms with van der Waals surface area (Å²) in [5.41, 5.74) is 1.66. The monoisotopic (exact) mass is 494 g/mol. The van der Waals surface area contributed by atoms with E-state index in [1.807, 2.05) is 0 Å². The highest BCUT2D eigenvalue weighted by Crippen LogP contribution is 2.45. The topological polar surface area (TPSA) is 0 Å². The van der Waals surface area contributed by atoms with Gasteiger partial charge in [0, 0.05) is 5.75 Å². The summed E-state index contributed by atoms with van der Waals surface area (Å²) in [6.07, 6.45) is 10.4. The predicted molar refractivity (Wildman–Crippen MR) is 162 cm³/mol. The number of rotatable bonds is 18. The van der Waals surface area contributed by atoms with Gasteiger partial charge in [0.05, 0.1) is 0 Å². The van der Waals surface area contributed by atoms with E-state index in [1.54, 1.807) is 5.57 Å². The van der Waals surface area contributed by atoms with E-state index in [0.717, 1.165) is 53.1 Å². The normalized spacial score (nSPS) is 21.9. The lowest BCUT2D eigenvalue weighted by molar-refractivity contribution is 0.0761. The minimum absolute atomic E-state index is 0.636. The Bertz CT molecular complexity index is 535. The highest BCUT2D eigenvalue weighted by molar-refractivity contribution is 7.80. The van der Waals surface area contributed by atoms with E-state index in [2.05, 4.69) is 109 Å². The molecule has 0 aromatic heterocycles. The van der Waals surface area contributed by atoms with Gasteiger partial charge in [-0.15, -0.1) is 0 Å². The number of allylic oxidation sites excluding steroid dienone is 1. The molecule has 0 saturated heterocycles. The molecule has 34 heavy (non-hydrogen) atoms. The molecule has 0 aromatic rings. The van der Waals surface area contributed by atoms with Crippen LogP contribution in [-0.4, -0.2) is 5.75 Å². The highest BCUT2D eigenvalue weighted by atomic mass is 32.1. The molecule has 204 valence electrons. The standard InChI is InChI=1S/C33H66S/c1-14-18-23(7)24(8)21-25(9)27(11)28(12)30(15-2)32(17-4)31(16-3)29(13)33(19-20-34)26(10)22(5)6/h19,22-32,34H,14-18,20-21H2,1-13H3/b33-19+. The first-order chi connectivity index (χ1) is 15.9. The first-order valence-corrected chi connectivity index (χ1v) is 15.9. The van der Waals surface area contributed by atoms with Crippen LogP contribution in [0.2, 0.25) is 0 Å². The third kappa shape index (κ3) is 9.86. The van der Waals surface area contributed by atoms with Crippen LogP contribution in [-0.2, 0) is 0 Å². The van der Waals surface area contributed by atoms with Gasteiger partial charge in [-0.1, -0.05) is 134 Å². The molecule has 0 bridgehead atoms. The average Bonchev–Trinajstić information content (AvgIpc) is 2.80. The van der Waals surface area contributed by atoms with Crippen molar-refractivity contribution in [2.45, 2.75) is 129 Å². The molecule has 0 aromatic carbocycles. The smallest absolute Gasteiger partial charge is 0.00853 e. The first kappa shape index (κ1) is 34.1. The molecule has 0 saturated carbocycles. The van der Waals surface area contributed by atoms with Crippen molar-refractivity contribution in [3.05, 3.63) is 11.6 Å². The summed E-state index contributed by atoms with van der Waals surface area (Å²) in [4.78, 5) is 0. The van der Waals surface area contributed by atoms with Crippen LogP contribution in [0.4, 0.5) is 0 Å². The highest BCUT2D eigenvalue weighted by Gasteiger charge is 2.37. The second-order valence-electron chi connectivity index (χ2n) is 12.6. The summed E-state index contributed by atoms with van der Waals surface area (Å²) in [6.45, 7) is 32.1. The Labute approximate surface area is 223 Å². The summed E-state index contributed by atoms with van der Waals surface area (Å²) in [7, 11) is 0. The zero-order valence-electron chi connectivity index (χ0n) is 25.8.